The molecule has 35 heavy (non-hydrogen) atoms. The van der Waals surface area contributed by atoms with Crippen molar-refractivity contribution in [2.24, 2.45) is 0 Å². The fourth-order valence-electron chi connectivity index (χ4n) is 2.75. The minimum absolute atomic E-state index is 0.0160. The van der Waals surface area contributed by atoms with Gasteiger partial charge in [-0.1, -0.05) is 6.07 Å². The highest BCUT2D eigenvalue weighted by molar-refractivity contribution is 7.93. The summed E-state index contributed by atoms with van der Waals surface area (Å²) in [5.41, 5.74) is 0.928. The van der Waals surface area contributed by atoms with E-state index in [1.54, 1.807) is 24.6 Å². The van der Waals surface area contributed by atoms with Crippen LogP contribution >= 0.6 is 22.7 Å². The quantitative estimate of drug-likeness (QED) is 0.351. The van der Waals surface area contributed by atoms with E-state index in [0.29, 0.717) is 11.4 Å². The average Bonchev–Trinajstić information content (AvgIpc) is 3.42. The molecule has 0 atom stereocenters. The Kier molecular flexibility index (Phi) is 8.89. The van der Waals surface area contributed by atoms with Gasteiger partial charge in [-0.15, -0.1) is 22.7 Å². The van der Waals surface area contributed by atoms with Crippen LogP contribution in [-0.4, -0.2) is 49.4 Å². The van der Waals surface area contributed by atoms with Crippen LogP contribution in [0.25, 0.3) is 0 Å². The number of hydrogen-bond acceptors (Lipinski definition) is 11. The molecule has 0 unspecified atom stereocenters. The third-order valence-corrected chi connectivity index (χ3v) is 7.29. The molecule has 0 bridgehead atoms. The molecule has 2 N–H and O–H groups in total. The van der Waals surface area contributed by atoms with Crippen molar-refractivity contribution in [1.82, 2.24) is 9.97 Å². The zero-order valence-corrected chi connectivity index (χ0v) is 21.2. The van der Waals surface area contributed by atoms with E-state index in [1.165, 1.54) is 24.3 Å². The third kappa shape index (κ3) is 7.56. The van der Waals surface area contributed by atoms with Crippen LogP contribution in [0.15, 0.2) is 39.9 Å². The van der Waals surface area contributed by atoms with Crippen LogP contribution in [0, 0.1) is 0 Å². The van der Waals surface area contributed by atoms with Crippen molar-refractivity contribution < 1.29 is 32.3 Å². The summed E-state index contributed by atoms with van der Waals surface area (Å²) < 4.78 is 37.7. The Morgan fingerprint density at radius 1 is 0.914 bits per heavy atom. The zero-order valence-electron chi connectivity index (χ0n) is 18.8. The summed E-state index contributed by atoms with van der Waals surface area (Å²) in [7, 11) is -4.05. The number of sulfonamides is 1. The van der Waals surface area contributed by atoms with E-state index in [2.05, 4.69) is 20.0 Å². The molecule has 0 saturated heterocycles. The van der Waals surface area contributed by atoms with E-state index in [4.69, 9.17) is 9.47 Å². The second-order valence-corrected chi connectivity index (χ2v) is 10.2. The van der Waals surface area contributed by atoms with E-state index in [-0.39, 0.29) is 46.8 Å². The SMILES string of the molecule is CCOC(=O)Cc1csc(NC(=O)c2cccc(S(=O)(=O)Nc3nc(CC(=O)OCC)cs3)c2)n1. The van der Waals surface area contributed by atoms with Gasteiger partial charge in [0.2, 0.25) is 0 Å². The van der Waals surface area contributed by atoms with Crippen molar-refractivity contribution in [2.75, 3.05) is 23.3 Å². The number of ether oxygens (including phenoxy) is 2. The first-order chi connectivity index (χ1) is 16.7. The molecule has 3 rings (SSSR count). The summed E-state index contributed by atoms with van der Waals surface area (Å²) >= 11 is 2.16. The summed E-state index contributed by atoms with van der Waals surface area (Å²) in [5, 5.41) is 6.12. The third-order valence-electron chi connectivity index (χ3n) is 4.21. The molecule has 0 fully saturated rings. The summed E-state index contributed by atoms with van der Waals surface area (Å²) in [5.74, 6) is -1.45. The van der Waals surface area contributed by atoms with Crippen molar-refractivity contribution in [1.29, 1.82) is 0 Å². The lowest BCUT2D eigenvalue weighted by atomic mass is 10.2. The van der Waals surface area contributed by atoms with Crippen LogP contribution in [0.1, 0.15) is 35.6 Å². The van der Waals surface area contributed by atoms with Gasteiger partial charge in [0, 0.05) is 16.3 Å². The van der Waals surface area contributed by atoms with E-state index in [1.807, 2.05) is 0 Å². The minimum atomic E-state index is -4.05. The number of benzene rings is 1. The summed E-state index contributed by atoms with van der Waals surface area (Å²) in [4.78, 5) is 43.9. The number of aromatic nitrogens is 2. The van der Waals surface area contributed by atoms with E-state index in [9.17, 15) is 22.8 Å². The maximum atomic E-state index is 12.8. The molecule has 2 aromatic heterocycles. The van der Waals surface area contributed by atoms with Gasteiger partial charge < -0.3 is 9.47 Å². The predicted octanol–water partition coefficient (Wildman–Crippen LogP) is 2.86. The number of esters is 2. The normalized spacial score (nSPS) is 11.0. The molecule has 11 nitrogen and oxygen atoms in total. The highest BCUT2D eigenvalue weighted by atomic mass is 32.2. The molecule has 14 heteroatoms. The first-order valence-electron chi connectivity index (χ1n) is 10.3. The number of rotatable bonds is 11. The summed E-state index contributed by atoms with van der Waals surface area (Å²) in [6.07, 6.45) is -0.0855. The molecule has 1 aromatic carbocycles. The standard InChI is InChI=1S/C21H22N4O7S3/c1-3-31-17(26)9-14-11-33-20(22-14)24-19(28)13-6-5-7-16(8-13)35(29,30)25-21-23-15(12-34-21)10-18(27)32-4-2/h5-8,11-12H,3-4,9-10H2,1-2H3,(H,23,25)(H,22,24,28). The fraction of sp³-hybridized carbons (Fsp3) is 0.286. The number of thiazole rings is 2. The Hall–Kier alpha value is -3.36. The molecule has 0 aliphatic carbocycles. The average molecular weight is 539 g/mol. The van der Waals surface area contributed by atoms with Crippen molar-refractivity contribution in [3.8, 4) is 0 Å². The number of anilines is 2. The zero-order chi connectivity index (χ0) is 25.4. The Labute approximate surface area is 209 Å². The lowest BCUT2D eigenvalue weighted by molar-refractivity contribution is -0.143. The Morgan fingerprint density at radius 3 is 2.09 bits per heavy atom. The Morgan fingerprint density at radius 2 is 1.49 bits per heavy atom. The summed E-state index contributed by atoms with van der Waals surface area (Å²) in [6, 6.07) is 5.46. The molecule has 2 heterocycles. The molecule has 3 aromatic rings. The highest BCUT2D eigenvalue weighted by Crippen LogP contribution is 2.22. The lowest BCUT2D eigenvalue weighted by Gasteiger charge is -2.07. The van der Waals surface area contributed by atoms with Crippen molar-refractivity contribution in [3.05, 3.63) is 52.0 Å². The van der Waals surface area contributed by atoms with E-state index in [0.717, 1.165) is 22.7 Å². The topological polar surface area (TPSA) is 154 Å². The molecule has 0 aliphatic heterocycles. The number of nitrogens with one attached hydrogen (secondary N) is 2. The molecular formula is C21H22N4O7S3. The molecule has 0 saturated carbocycles. The maximum absolute atomic E-state index is 12.8. The van der Waals surface area contributed by atoms with Crippen molar-refractivity contribution in [2.45, 2.75) is 31.6 Å². The van der Waals surface area contributed by atoms with Crippen LogP contribution in [-0.2, 0) is 41.9 Å². The van der Waals surface area contributed by atoms with Gasteiger partial charge >= 0.3 is 11.9 Å². The van der Waals surface area contributed by atoms with Gasteiger partial charge in [-0.25, -0.2) is 18.4 Å². The van der Waals surface area contributed by atoms with Crippen LogP contribution in [0.2, 0.25) is 0 Å². The van der Waals surface area contributed by atoms with Crippen LogP contribution in [0.3, 0.4) is 0 Å². The van der Waals surface area contributed by atoms with Gasteiger partial charge in [0.1, 0.15) is 0 Å². The number of carbonyl (C=O) groups is 3. The smallest absolute Gasteiger partial charge is 0.311 e. The first kappa shape index (κ1) is 26.2. The monoisotopic (exact) mass is 538 g/mol. The predicted molar refractivity (Wildman–Crippen MR) is 130 cm³/mol. The largest absolute Gasteiger partial charge is 0.466 e. The number of nitrogens with zero attached hydrogens (tertiary/aromatic N) is 2. The number of amides is 1. The summed E-state index contributed by atoms with van der Waals surface area (Å²) in [6.45, 7) is 3.89. The fourth-order valence-corrected chi connectivity index (χ4v) is 5.46. The number of hydrogen-bond donors (Lipinski definition) is 2. The molecule has 0 radical (unpaired) electrons. The van der Waals surface area contributed by atoms with Crippen LogP contribution in [0.5, 0.6) is 0 Å². The van der Waals surface area contributed by atoms with Gasteiger partial charge in [-0.3, -0.25) is 24.4 Å². The Bertz CT molecular complexity index is 1320. The van der Waals surface area contributed by atoms with Crippen LogP contribution < -0.4 is 10.0 Å². The Balaban J connectivity index is 1.66. The van der Waals surface area contributed by atoms with Gasteiger partial charge in [-0.05, 0) is 32.0 Å². The highest BCUT2D eigenvalue weighted by Gasteiger charge is 2.19. The molecule has 186 valence electrons. The van der Waals surface area contributed by atoms with Gasteiger partial charge in [-0.2, -0.15) is 0 Å². The van der Waals surface area contributed by atoms with E-state index >= 15 is 0 Å². The molecule has 1 amide bonds. The minimum Gasteiger partial charge on any atom is -0.466 e. The molecule has 0 spiro atoms. The molecule has 0 aliphatic rings. The maximum Gasteiger partial charge on any atom is 0.311 e. The molecular weight excluding hydrogens is 516 g/mol. The van der Waals surface area contributed by atoms with Gasteiger partial charge in [0.05, 0.1) is 42.3 Å². The lowest BCUT2D eigenvalue weighted by Crippen LogP contribution is -2.16. The second kappa shape index (κ2) is 11.9. The first-order valence-corrected chi connectivity index (χ1v) is 13.6. The number of carbonyl (C=O) groups excluding carboxylic acids is 3. The second-order valence-electron chi connectivity index (χ2n) is 6.84. The van der Waals surface area contributed by atoms with Crippen LogP contribution in [0.4, 0.5) is 10.3 Å². The van der Waals surface area contributed by atoms with E-state index < -0.39 is 27.9 Å². The van der Waals surface area contributed by atoms with Crippen molar-refractivity contribution in [3.63, 3.8) is 0 Å². The van der Waals surface area contributed by atoms with Gasteiger partial charge in [0.15, 0.2) is 10.3 Å². The van der Waals surface area contributed by atoms with Gasteiger partial charge in [0.25, 0.3) is 15.9 Å². The van der Waals surface area contributed by atoms with Crippen molar-refractivity contribution >= 4 is 60.8 Å².